The molecule has 4 heteroatoms. The maximum Gasteiger partial charge on any atom is 0.315 e. The van der Waals surface area contributed by atoms with Gasteiger partial charge in [-0.25, -0.2) is 4.79 Å². The first-order valence-corrected chi connectivity index (χ1v) is 6.64. The van der Waals surface area contributed by atoms with Crippen LogP contribution in [0.4, 0.5) is 4.79 Å². The van der Waals surface area contributed by atoms with E-state index in [1.807, 2.05) is 13.8 Å². The summed E-state index contributed by atoms with van der Waals surface area (Å²) in [7, 11) is 0. The van der Waals surface area contributed by atoms with Gasteiger partial charge in [-0.2, -0.15) is 0 Å². The van der Waals surface area contributed by atoms with Crippen LogP contribution in [-0.4, -0.2) is 24.2 Å². The molecule has 1 saturated carbocycles. The summed E-state index contributed by atoms with van der Waals surface area (Å²) in [6.07, 6.45) is 3.25. The van der Waals surface area contributed by atoms with E-state index >= 15 is 0 Å². The largest absolute Gasteiger partial charge is 0.336 e. The van der Waals surface area contributed by atoms with Crippen molar-refractivity contribution in [1.82, 2.24) is 10.6 Å². The van der Waals surface area contributed by atoms with Gasteiger partial charge < -0.3 is 16.4 Å². The van der Waals surface area contributed by atoms with Crippen molar-refractivity contribution < 1.29 is 4.79 Å². The van der Waals surface area contributed by atoms with E-state index in [2.05, 4.69) is 24.5 Å². The molecule has 100 valence electrons. The van der Waals surface area contributed by atoms with E-state index < -0.39 is 0 Å². The predicted octanol–water partition coefficient (Wildman–Crippen LogP) is 1.85. The van der Waals surface area contributed by atoms with Crippen LogP contribution in [0.25, 0.3) is 0 Å². The molecule has 17 heavy (non-hydrogen) atoms. The van der Waals surface area contributed by atoms with Crippen LogP contribution in [-0.2, 0) is 0 Å². The van der Waals surface area contributed by atoms with Crippen LogP contribution in [0.15, 0.2) is 0 Å². The quantitative estimate of drug-likeness (QED) is 0.706. The summed E-state index contributed by atoms with van der Waals surface area (Å²) in [5.41, 5.74) is 6.15. The summed E-state index contributed by atoms with van der Waals surface area (Å²) < 4.78 is 0. The van der Waals surface area contributed by atoms with Crippen molar-refractivity contribution in [2.75, 3.05) is 6.54 Å². The van der Waals surface area contributed by atoms with Gasteiger partial charge in [-0.1, -0.05) is 13.8 Å². The maximum absolute atomic E-state index is 11.5. The number of carbonyl (C=O) groups is 1. The van der Waals surface area contributed by atoms with Gasteiger partial charge >= 0.3 is 6.03 Å². The number of nitrogens with two attached hydrogens (primary N) is 1. The highest BCUT2D eigenvalue weighted by atomic mass is 16.2. The molecule has 2 unspecified atom stereocenters. The molecule has 4 N–H and O–H groups in total. The molecule has 0 bridgehead atoms. The van der Waals surface area contributed by atoms with Crippen LogP contribution in [0, 0.1) is 11.8 Å². The van der Waals surface area contributed by atoms with Gasteiger partial charge in [-0.05, 0) is 44.9 Å². The Bertz CT molecular complexity index is 255. The highest BCUT2D eigenvalue weighted by Gasteiger charge is 2.34. The topological polar surface area (TPSA) is 67.1 Å². The summed E-state index contributed by atoms with van der Waals surface area (Å²) in [4.78, 5) is 11.5. The second-order valence-corrected chi connectivity index (χ2v) is 6.20. The van der Waals surface area contributed by atoms with E-state index in [0.29, 0.717) is 18.4 Å². The van der Waals surface area contributed by atoms with Gasteiger partial charge in [-0.15, -0.1) is 0 Å². The summed E-state index contributed by atoms with van der Waals surface area (Å²) >= 11 is 0. The zero-order valence-electron chi connectivity index (χ0n) is 11.5. The van der Waals surface area contributed by atoms with Crippen LogP contribution in [0.2, 0.25) is 0 Å². The van der Waals surface area contributed by atoms with Crippen molar-refractivity contribution in [1.29, 1.82) is 0 Å². The Kier molecular flexibility index (Phi) is 4.80. The second-order valence-electron chi connectivity index (χ2n) is 6.20. The van der Waals surface area contributed by atoms with Crippen LogP contribution in [0.1, 0.15) is 47.0 Å². The highest BCUT2D eigenvalue weighted by Crippen LogP contribution is 2.33. The SMILES string of the molecule is CC1CC(C)CC(N)(CNC(=O)NC(C)C)C1. The minimum absolute atomic E-state index is 0.115. The molecule has 1 aliphatic rings. The molecule has 4 nitrogen and oxygen atoms in total. The van der Waals surface area contributed by atoms with Gasteiger partial charge in [0.05, 0.1) is 0 Å². The first-order chi connectivity index (χ1) is 7.81. The number of amides is 2. The lowest BCUT2D eigenvalue weighted by atomic mass is 9.72. The average Bonchev–Trinajstić information content (AvgIpc) is 2.11. The lowest BCUT2D eigenvalue weighted by Gasteiger charge is -2.40. The van der Waals surface area contributed by atoms with Crippen molar-refractivity contribution in [2.24, 2.45) is 17.6 Å². The Morgan fingerprint density at radius 3 is 2.35 bits per heavy atom. The number of nitrogens with one attached hydrogen (secondary N) is 2. The molecule has 2 atom stereocenters. The van der Waals surface area contributed by atoms with Gasteiger partial charge in [0.1, 0.15) is 0 Å². The molecule has 0 radical (unpaired) electrons. The lowest BCUT2D eigenvalue weighted by Crippen LogP contribution is -2.55. The fourth-order valence-corrected chi connectivity index (χ4v) is 3.04. The lowest BCUT2D eigenvalue weighted by molar-refractivity contribution is 0.177. The molecule has 1 fully saturated rings. The van der Waals surface area contributed by atoms with Gasteiger partial charge in [0.2, 0.25) is 0 Å². The Morgan fingerprint density at radius 1 is 1.35 bits per heavy atom. The molecule has 0 spiro atoms. The monoisotopic (exact) mass is 241 g/mol. The highest BCUT2D eigenvalue weighted by molar-refractivity contribution is 5.74. The molecule has 0 aromatic rings. The average molecular weight is 241 g/mol. The second kappa shape index (κ2) is 5.71. The number of carbonyl (C=O) groups excluding carboxylic acids is 1. The molecule has 0 heterocycles. The number of hydrogen-bond acceptors (Lipinski definition) is 2. The van der Waals surface area contributed by atoms with Crippen molar-refractivity contribution in [3.8, 4) is 0 Å². The first-order valence-electron chi connectivity index (χ1n) is 6.64. The molecule has 2 amide bonds. The molecule has 0 saturated heterocycles. The van der Waals surface area contributed by atoms with Crippen LogP contribution in [0.3, 0.4) is 0 Å². The van der Waals surface area contributed by atoms with E-state index in [0.717, 1.165) is 12.8 Å². The van der Waals surface area contributed by atoms with Crippen LogP contribution in [0.5, 0.6) is 0 Å². The third-order valence-corrected chi connectivity index (χ3v) is 3.34. The Balaban J connectivity index is 2.41. The number of rotatable bonds is 3. The molecule has 1 rings (SSSR count). The normalized spacial score (nSPS) is 33.5. The van der Waals surface area contributed by atoms with E-state index in [1.165, 1.54) is 6.42 Å². The predicted molar refractivity (Wildman–Crippen MR) is 70.8 cm³/mol. The molecular formula is C13H27N3O. The van der Waals surface area contributed by atoms with Gasteiger partial charge in [0.15, 0.2) is 0 Å². The van der Waals surface area contributed by atoms with E-state index in [4.69, 9.17) is 5.73 Å². The van der Waals surface area contributed by atoms with Crippen molar-refractivity contribution in [3.05, 3.63) is 0 Å². The molecular weight excluding hydrogens is 214 g/mol. The minimum Gasteiger partial charge on any atom is -0.336 e. The third kappa shape index (κ3) is 4.94. The summed E-state index contributed by atoms with van der Waals surface area (Å²) in [5.74, 6) is 1.30. The third-order valence-electron chi connectivity index (χ3n) is 3.34. The zero-order valence-corrected chi connectivity index (χ0v) is 11.5. The molecule has 1 aliphatic carbocycles. The Hall–Kier alpha value is -0.770. The fraction of sp³-hybridized carbons (Fsp3) is 0.923. The summed E-state index contributed by atoms with van der Waals surface area (Å²) in [6.45, 7) is 8.95. The van der Waals surface area contributed by atoms with Gasteiger partial charge in [0.25, 0.3) is 0 Å². The van der Waals surface area contributed by atoms with E-state index in [9.17, 15) is 4.79 Å². The first kappa shape index (κ1) is 14.3. The molecule has 0 aromatic heterocycles. The van der Waals surface area contributed by atoms with Gasteiger partial charge in [-0.3, -0.25) is 0 Å². The molecule has 0 aromatic carbocycles. The Labute approximate surface area is 105 Å². The zero-order chi connectivity index (χ0) is 13.1. The van der Waals surface area contributed by atoms with Crippen molar-refractivity contribution in [2.45, 2.75) is 58.5 Å². The minimum atomic E-state index is -0.231. The van der Waals surface area contributed by atoms with Crippen molar-refractivity contribution >= 4 is 6.03 Å². The summed E-state index contributed by atoms with van der Waals surface area (Å²) in [5, 5.41) is 5.71. The van der Waals surface area contributed by atoms with Crippen molar-refractivity contribution in [3.63, 3.8) is 0 Å². The smallest absolute Gasteiger partial charge is 0.315 e. The van der Waals surface area contributed by atoms with Crippen LogP contribution >= 0.6 is 0 Å². The summed E-state index contributed by atoms with van der Waals surface area (Å²) in [6, 6.07) is 0.0450. The Morgan fingerprint density at radius 2 is 1.88 bits per heavy atom. The molecule has 0 aliphatic heterocycles. The van der Waals surface area contributed by atoms with E-state index in [1.54, 1.807) is 0 Å². The maximum atomic E-state index is 11.5. The van der Waals surface area contributed by atoms with E-state index in [-0.39, 0.29) is 17.6 Å². The number of hydrogen-bond donors (Lipinski definition) is 3. The standard InChI is InChI=1S/C13H27N3O/c1-9(2)16-12(17)15-8-13(14)6-10(3)5-11(4)7-13/h9-11H,5-8,14H2,1-4H3,(H2,15,16,17). The fourth-order valence-electron chi connectivity index (χ4n) is 3.04. The number of urea groups is 1. The van der Waals surface area contributed by atoms with Gasteiger partial charge in [0, 0.05) is 18.1 Å². The van der Waals surface area contributed by atoms with Crippen LogP contribution < -0.4 is 16.4 Å².